The zero-order valence-corrected chi connectivity index (χ0v) is 14.7. The third-order valence-corrected chi connectivity index (χ3v) is 4.53. The quantitative estimate of drug-likeness (QED) is 0.912. The summed E-state index contributed by atoms with van der Waals surface area (Å²) >= 11 is 0. The van der Waals surface area contributed by atoms with Gasteiger partial charge < -0.3 is 15.0 Å². The van der Waals surface area contributed by atoms with Gasteiger partial charge in [-0.15, -0.1) is 0 Å². The average molecular weight is 345 g/mol. The lowest BCUT2D eigenvalue weighted by atomic mass is 9.87. The van der Waals surface area contributed by atoms with Gasteiger partial charge in [-0.25, -0.2) is 14.5 Å². The standard InChI is InChI=1S/C18H23N3O4/c1-18(2,3)13-4-6-14(7-5-13)19-16(23)20-8-12(9-20)10-21-15(22)11-25-17(21)24/h4-7,12H,8-11H2,1-3H3,(H,19,23). The second kappa shape index (κ2) is 6.38. The van der Waals surface area contributed by atoms with E-state index in [1.807, 2.05) is 24.3 Å². The Morgan fingerprint density at radius 2 is 1.84 bits per heavy atom. The van der Waals surface area contributed by atoms with Crippen LogP contribution < -0.4 is 5.32 Å². The number of likely N-dealkylation sites (tertiary alicyclic amines) is 1. The van der Waals surface area contributed by atoms with E-state index in [-0.39, 0.29) is 29.9 Å². The number of nitrogens with one attached hydrogen (secondary N) is 1. The van der Waals surface area contributed by atoms with Gasteiger partial charge in [0.2, 0.25) is 0 Å². The van der Waals surface area contributed by atoms with Crippen molar-refractivity contribution in [3.8, 4) is 0 Å². The Labute approximate surface area is 146 Å². The van der Waals surface area contributed by atoms with Crippen LogP contribution in [0.1, 0.15) is 26.3 Å². The van der Waals surface area contributed by atoms with Gasteiger partial charge in [0.1, 0.15) is 0 Å². The van der Waals surface area contributed by atoms with E-state index in [1.54, 1.807) is 4.90 Å². The van der Waals surface area contributed by atoms with E-state index in [9.17, 15) is 14.4 Å². The van der Waals surface area contributed by atoms with Crippen LogP contribution in [0.15, 0.2) is 24.3 Å². The predicted octanol–water partition coefficient (Wildman–Crippen LogP) is 2.43. The zero-order chi connectivity index (χ0) is 18.2. The zero-order valence-electron chi connectivity index (χ0n) is 14.7. The minimum Gasteiger partial charge on any atom is -0.439 e. The van der Waals surface area contributed by atoms with E-state index in [4.69, 9.17) is 0 Å². The normalized spacial score (nSPS) is 18.2. The lowest BCUT2D eigenvalue weighted by Gasteiger charge is -2.40. The molecule has 1 aromatic carbocycles. The summed E-state index contributed by atoms with van der Waals surface area (Å²) in [5, 5.41) is 2.87. The van der Waals surface area contributed by atoms with Crippen molar-refractivity contribution >= 4 is 23.7 Å². The van der Waals surface area contributed by atoms with Crippen LogP contribution >= 0.6 is 0 Å². The minimum absolute atomic E-state index is 0.0708. The SMILES string of the molecule is CC(C)(C)c1ccc(NC(=O)N2CC(CN3C(=O)COC3=O)C2)cc1. The molecule has 2 aliphatic rings. The summed E-state index contributed by atoms with van der Waals surface area (Å²) in [7, 11) is 0. The number of hydrogen-bond acceptors (Lipinski definition) is 4. The first kappa shape index (κ1) is 17.3. The van der Waals surface area contributed by atoms with Gasteiger partial charge in [0, 0.05) is 31.2 Å². The molecule has 4 amide bonds. The average Bonchev–Trinajstić information content (AvgIpc) is 2.81. The highest BCUT2D eigenvalue weighted by Crippen LogP contribution is 2.24. The first-order valence-electron chi connectivity index (χ1n) is 8.37. The lowest BCUT2D eigenvalue weighted by molar-refractivity contribution is -0.126. The van der Waals surface area contributed by atoms with Gasteiger partial charge >= 0.3 is 12.1 Å². The summed E-state index contributed by atoms with van der Waals surface area (Å²) in [6.07, 6.45) is -0.591. The summed E-state index contributed by atoms with van der Waals surface area (Å²) in [6, 6.07) is 7.65. The number of cyclic esters (lactones) is 1. The fourth-order valence-electron chi connectivity index (χ4n) is 2.92. The number of benzene rings is 1. The largest absolute Gasteiger partial charge is 0.439 e. The molecule has 134 valence electrons. The highest BCUT2D eigenvalue weighted by atomic mass is 16.6. The molecule has 0 spiro atoms. The molecule has 2 aliphatic heterocycles. The summed E-state index contributed by atoms with van der Waals surface area (Å²) in [4.78, 5) is 37.9. The Kier molecular flexibility index (Phi) is 4.41. The van der Waals surface area contributed by atoms with Crippen LogP contribution in [0.4, 0.5) is 15.3 Å². The third kappa shape index (κ3) is 3.75. The molecule has 2 saturated heterocycles. The van der Waals surface area contributed by atoms with E-state index < -0.39 is 6.09 Å². The molecule has 1 N–H and O–H groups in total. The topological polar surface area (TPSA) is 79.0 Å². The van der Waals surface area contributed by atoms with E-state index in [1.165, 1.54) is 5.56 Å². The summed E-state index contributed by atoms with van der Waals surface area (Å²) in [5.74, 6) is -0.213. The molecule has 0 saturated carbocycles. The van der Waals surface area contributed by atoms with Crippen molar-refractivity contribution < 1.29 is 19.1 Å². The molecule has 2 fully saturated rings. The second-order valence-corrected chi connectivity index (χ2v) is 7.59. The molecule has 0 aliphatic carbocycles. The Morgan fingerprint density at radius 3 is 2.36 bits per heavy atom. The van der Waals surface area contributed by atoms with Crippen molar-refractivity contribution in [3.63, 3.8) is 0 Å². The Morgan fingerprint density at radius 1 is 1.20 bits per heavy atom. The van der Waals surface area contributed by atoms with Crippen molar-refractivity contribution in [3.05, 3.63) is 29.8 Å². The molecule has 0 aromatic heterocycles. The van der Waals surface area contributed by atoms with Crippen molar-refractivity contribution in [1.82, 2.24) is 9.80 Å². The van der Waals surface area contributed by atoms with Gasteiger partial charge in [0.25, 0.3) is 5.91 Å². The van der Waals surface area contributed by atoms with Crippen LogP contribution in [-0.2, 0) is 14.9 Å². The molecule has 7 heteroatoms. The van der Waals surface area contributed by atoms with Gasteiger partial charge in [-0.3, -0.25) is 4.79 Å². The minimum atomic E-state index is -0.591. The predicted molar refractivity (Wildman–Crippen MR) is 92.3 cm³/mol. The first-order chi connectivity index (χ1) is 11.7. The Balaban J connectivity index is 1.47. The molecule has 0 unspecified atom stereocenters. The van der Waals surface area contributed by atoms with Crippen LogP contribution in [0, 0.1) is 5.92 Å². The van der Waals surface area contributed by atoms with Crippen molar-refractivity contribution in [2.45, 2.75) is 26.2 Å². The number of hydrogen-bond donors (Lipinski definition) is 1. The number of ether oxygens (including phenoxy) is 1. The highest BCUT2D eigenvalue weighted by molar-refractivity contribution is 5.97. The van der Waals surface area contributed by atoms with Crippen LogP contribution in [0.2, 0.25) is 0 Å². The number of carbonyl (C=O) groups is 3. The summed E-state index contributed by atoms with van der Waals surface area (Å²) in [5.41, 5.74) is 2.03. The van der Waals surface area contributed by atoms with E-state index in [0.29, 0.717) is 19.6 Å². The monoisotopic (exact) mass is 345 g/mol. The van der Waals surface area contributed by atoms with Crippen molar-refractivity contribution in [2.24, 2.45) is 5.92 Å². The maximum atomic E-state index is 12.2. The number of amides is 4. The lowest BCUT2D eigenvalue weighted by Crippen LogP contribution is -2.55. The number of anilines is 1. The van der Waals surface area contributed by atoms with Gasteiger partial charge in [-0.05, 0) is 23.1 Å². The van der Waals surface area contributed by atoms with Crippen molar-refractivity contribution in [2.75, 3.05) is 31.6 Å². The molecule has 0 radical (unpaired) electrons. The highest BCUT2D eigenvalue weighted by Gasteiger charge is 2.38. The number of nitrogens with zero attached hydrogens (tertiary/aromatic N) is 2. The molecular formula is C18H23N3O4. The number of carbonyl (C=O) groups excluding carboxylic acids is 3. The number of rotatable bonds is 3. The van der Waals surface area contributed by atoms with Crippen LogP contribution in [0.3, 0.4) is 0 Å². The van der Waals surface area contributed by atoms with Crippen LogP contribution in [0.5, 0.6) is 0 Å². The van der Waals surface area contributed by atoms with Gasteiger partial charge in [0.15, 0.2) is 6.61 Å². The molecule has 1 aromatic rings. The molecule has 25 heavy (non-hydrogen) atoms. The number of urea groups is 1. The third-order valence-electron chi connectivity index (χ3n) is 4.53. The molecule has 2 heterocycles. The fraction of sp³-hybridized carbons (Fsp3) is 0.500. The van der Waals surface area contributed by atoms with Gasteiger partial charge in [0.05, 0.1) is 0 Å². The molecule has 7 nitrogen and oxygen atoms in total. The Hall–Kier alpha value is -2.57. The number of imide groups is 1. The molecular weight excluding hydrogens is 322 g/mol. The first-order valence-corrected chi connectivity index (χ1v) is 8.37. The van der Waals surface area contributed by atoms with Crippen LogP contribution in [0.25, 0.3) is 0 Å². The fourth-order valence-corrected chi connectivity index (χ4v) is 2.92. The maximum absolute atomic E-state index is 12.2. The smallest absolute Gasteiger partial charge is 0.417 e. The molecule has 0 atom stereocenters. The maximum Gasteiger partial charge on any atom is 0.417 e. The molecule has 0 bridgehead atoms. The molecule has 3 rings (SSSR count). The Bertz CT molecular complexity index is 671. The van der Waals surface area contributed by atoms with E-state index >= 15 is 0 Å². The second-order valence-electron chi connectivity index (χ2n) is 7.59. The van der Waals surface area contributed by atoms with E-state index in [0.717, 1.165) is 10.6 Å². The van der Waals surface area contributed by atoms with E-state index in [2.05, 4.69) is 30.8 Å². The summed E-state index contributed by atoms with van der Waals surface area (Å²) < 4.78 is 4.68. The van der Waals surface area contributed by atoms with Gasteiger partial charge in [-0.1, -0.05) is 32.9 Å². The van der Waals surface area contributed by atoms with Gasteiger partial charge in [-0.2, -0.15) is 0 Å². The van der Waals surface area contributed by atoms with Crippen LogP contribution in [-0.4, -0.2) is 54.1 Å². The van der Waals surface area contributed by atoms with Crippen molar-refractivity contribution in [1.29, 1.82) is 0 Å². The summed E-state index contributed by atoms with van der Waals surface area (Å²) in [6.45, 7) is 7.58.